The summed E-state index contributed by atoms with van der Waals surface area (Å²) in [5.41, 5.74) is 0. The van der Waals surface area contributed by atoms with Gasteiger partial charge in [-0.25, -0.2) is 4.79 Å². The van der Waals surface area contributed by atoms with Crippen LogP contribution >= 0.6 is 0 Å². The number of carboxylic acids is 2. The highest BCUT2D eigenvalue weighted by Gasteiger charge is 2.35. The second-order valence-electron chi connectivity index (χ2n) is 5.00. The van der Waals surface area contributed by atoms with E-state index in [1.165, 1.54) is 0 Å². The standard InChI is InChI=1S/C13H20N2O6/c1-2-8(12(18)19)7-14-10(16)11(17)15-6-4-3-5-9(15)13(20)21/h8-9H,2-7H2,1H3,(H,14,16)(H,18,19)(H,20,21)/t8?,9-/m0/s1. The first-order valence-electron chi connectivity index (χ1n) is 6.92. The normalized spacial score (nSPS) is 19.7. The molecule has 1 aliphatic heterocycles. The summed E-state index contributed by atoms with van der Waals surface area (Å²) >= 11 is 0. The fraction of sp³-hybridized carbons (Fsp3) is 0.692. The quantitative estimate of drug-likeness (QED) is 0.598. The van der Waals surface area contributed by atoms with Crippen LogP contribution in [-0.2, 0) is 19.2 Å². The largest absolute Gasteiger partial charge is 0.481 e. The summed E-state index contributed by atoms with van der Waals surface area (Å²) in [4.78, 5) is 46.7. The molecule has 1 aliphatic rings. The van der Waals surface area contributed by atoms with E-state index in [4.69, 9.17) is 10.2 Å². The molecule has 0 aliphatic carbocycles. The number of carboxylic acid groups (broad SMARTS) is 2. The zero-order valence-corrected chi connectivity index (χ0v) is 11.9. The topological polar surface area (TPSA) is 124 Å². The Hall–Kier alpha value is -2.12. The predicted octanol–water partition coefficient (Wildman–Crippen LogP) is -0.321. The van der Waals surface area contributed by atoms with Crippen LogP contribution < -0.4 is 5.32 Å². The van der Waals surface area contributed by atoms with Gasteiger partial charge in [-0.3, -0.25) is 14.4 Å². The van der Waals surface area contributed by atoms with Crippen molar-refractivity contribution in [1.82, 2.24) is 10.2 Å². The van der Waals surface area contributed by atoms with Gasteiger partial charge < -0.3 is 20.4 Å². The van der Waals surface area contributed by atoms with Crippen LogP contribution in [0.5, 0.6) is 0 Å². The number of piperidine rings is 1. The lowest BCUT2D eigenvalue weighted by Gasteiger charge is -2.32. The third-order valence-electron chi connectivity index (χ3n) is 3.59. The van der Waals surface area contributed by atoms with Crippen LogP contribution in [0, 0.1) is 5.92 Å². The van der Waals surface area contributed by atoms with Crippen molar-refractivity contribution < 1.29 is 29.4 Å². The molecule has 0 aromatic heterocycles. The molecule has 0 bridgehead atoms. The molecule has 1 saturated heterocycles. The third kappa shape index (κ3) is 4.44. The Balaban J connectivity index is 2.62. The summed E-state index contributed by atoms with van der Waals surface area (Å²) < 4.78 is 0. The SMILES string of the molecule is CCC(CNC(=O)C(=O)N1CCCC[C@H]1C(=O)O)C(=O)O. The summed E-state index contributed by atoms with van der Waals surface area (Å²) in [5.74, 6) is -4.82. The Morgan fingerprint density at radius 1 is 1.24 bits per heavy atom. The summed E-state index contributed by atoms with van der Waals surface area (Å²) in [6, 6.07) is -0.988. The van der Waals surface area contributed by atoms with Gasteiger partial charge in [-0.15, -0.1) is 0 Å². The van der Waals surface area contributed by atoms with E-state index in [1.807, 2.05) is 0 Å². The maximum atomic E-state index is 12.0. The molecule has 1 fully saturated rings. The Labute approximate surface area is 122 Å². The molecule has 118 valence electrons. The first kappa shape index (κ1) is 16.9. The van der Waals surface area contributed by atoms with E-state index in [0.29, 0.717) is 25.7 Å². The molecule has 8 heteroatoms. The van der Waals surface area contributed by atoms with E-state index in [1.54, 1.807) is 6.92 Å². The van der Waals surface area contributed by atoms with Crippen LogP contribution in [0.2, 0.25) is 0 Å². The second kappa shape index (κ2) is 7.61. The predicted molar refractivity (Wildman–Crippen MR) is 71.4 cm³/mol. The number of carbonyl (C=O) groups excluding carboxylic acids is 2. The van der Waals surface area contributed by atoms with Gasteiger partial charge in [-0.2, -0.15) is 0 Å². The smallest absolute Gasteiger partial charge is 0.326 e. The number of likely N-dealkylation sites (tertiary alicyclic amines) is 1. The number of hydrogen-bond donors (Lipinski definition) is 3. The molecule has 1 heterocycles. The first-order valence-corrected chi connectivity index (χ1v) is 6.92. The molecule has 21 heavy (non-hydrogen) atoms. The van der Waals surface area contributed by atoms with Gasteiger partial charge in [0.15, 0.2) is 0 Å². The second-order valence-corrected chi connectivity index (χ2v) is 5.00. The number of rotatable bonds is 5. The fourth-order valence-electron chi connectivity index (χ4n) is 2.26. The van der Waals surface area contributed by atoms with Crippen molar-refractivity contribution in [2.24, 2.45) is 5.92 Å². The molecule has 1 rings (SSSR count). The lowest BCUT2D eigenvalue weighted by molar-refractivity contribution is -0.156. The highest BCUT2D eigenvalue weighted by Crippen LogP contribution is 2.17. The average molecular weight is 300 g/mol. The lowest BCUT2D eigenvalue weighted by Crippen LogP contribution is -2.53. The zero-order valence-electron chi connectivity index (χ0n) is 11.9. The van der Waals surface area contributed by atoms with Crippen LogP contribution in [-0.4, -0.2) is 58.0 Å². The Morgan fingerprint density at radius 3 is 2.43 bits per heavy atom. The number of nitrogens with one attached hydrogen (secondary N) is 1. The van der Waals surface area contributed by atoms with E-state index in [9.17, 15) is 19.2 Å². The molecule has 8 nitrogen and oxygen atoms in total. The van der Waals surface area contributed by atoms with E-state index in [0.717, 1.165) is 4.90 Å². The highest BCUT2D eigenvalue weighted by molar-refractivity contribution is 6.35. The van der Waals surface area contributed by atoms with Crippen LogP contribution in [0.1, 0.15) is 32.6 Å². The van der Waals surface area contributed by atoms with Gasteiger partial charge in [0.05, 0.1) is 5.92 Å². The van der Waals surface area contributed by atoms with Crippen LogP contribution in [0.3, 0.4) is 0 Å². The van der Waals surface area contributed by atoms with Gasteiger partial charge >= 0.3 is 23.8 Å². The number of hydrogen-bond acceptors (Lipinski definition) is 4. The average Bonchev–Trinajstić information content (AvgIpc) is 2.46. The van der Waals surface area contributed by atoms with E-state index < -0.39 is 35.7 Å². The Bertz CT molecular complexity index is 436. The van der Waals surface area contributed by atoms with Crippen LogP contribution in [0.4, 0.5) is 0 Å². The molecule has 2 atom stereocenters. The van der Waals surface area contributed by atoms with Crippen molar-refractivity contribution in [3.05, 3.63) is 0 Å². The maximum absolute atomic E-state index is 12.0. The molecular formula is C13H20N2O6. The van der Waals surface area contributed by atoms with E-state index >= 15 is 0 Å². The molecule has 1 unspecified atom stereocenters. The molecular weight excluding hydrogens is 280 g/mol. The van der Waals surface area contributed by atoms with Crippen molar-refractivity contribution in [1.29, 1.82) is 0 Å². The minimum atomic E-state index is -1.13. The molecule has 2 amide bonds. The highest BCUT2D eigenvalue weighted by atomic mass is 16.4. The number of nitrogens with zero attached hydrogens (tertiary/aromatic N) is 1. The molecule has 0 aromatic rings. The lowest BCUT2D eigenvalue weighted by atomic mass is 10.0. The Kier molecular flexibility index (Phi) is 6.13. The van der Waals surface area contributed by atoms with Crippen molar-refractivity contribution in [3.8, 4) is 0 Å². The molecule has 0 saturated carbocycles. The number of carbonyl (C=O) groups is 4. The molecule has 0 aromatic carbocycles. The van der Waals surface area contributed by atoms with Gasteiger partial charge in [-0.05, 0) is 25.7 Å². The minimum absolute atomic E-state index is 0.151. The van der Waals surface area contributed by atoms with Crippen LogP contribution in [0.15, 0.2) is 0 Å². The Morgan fingerprint density at radius 2 is 1.90 bits per heavy atom. The summed E-state index contributed by atoms with van der Waals surface area (Å²) in [6.45, 7) is 1.74. The van der Waals surface area contributed by atoms with Gasteiger partial charge in [0.25, 0.3) is 0 Å². The third-order valence-corrected chi connectivity index (χ3v) is 3.59. The van der Waals surface area contributed by atoms with Crippen molar-refractivity contribution in [2.45, 2.75) is 38.6 Å². The number of amides is 2. The van der Waals surface area contributed by atoms with Gasteiger partial charge in [0.2, 0.25) is 0 Å². The van der Waals surface area contributed by atoms with E-state index in [2.05, 4.69) is 5.32 Å². The minimum Gasteiger partial charge on any atom is -0.481 e. The maximum Gasteiger partial charge on any atom is 0.326 e. The molecule has 3 N–H and O–H groups in total. The monoisotopic (exact) mass is 300 g/mol. The van der Waals surface area contributed by atoms with Gasteiger partial charge in [0.1, 0.15) is 6.04 Å². The van der Waals surface area contributed by atoms with Crippen molar-refractivity contribution in [2.75, 3.05) is 13.1 Å². The first-order chi connectivity index (χ1) is 9.88. The summed E-state index contributed by atoms with van der Waals surface area (Å²) in [5, 5.41) is 20.2. The summed E-state index contributed by atoms with van der Waals surface area (Å²) in [6.07, 6.45) is 1.99. The van der Waals surface area contributed by atoms with E-state index in [-0.39, 0.29) is 13.1 Å². The van der Waals surface area contributed by atoms with Crippen molar-refractivity contribution >= 4 is 23.8 Å². The fourth-order valence-corrected chi connectivity index (χ4v) is 2.26. The molecule has 0 radical (unpaired) electrons. The molecule has 0 spiro atoms. The zero-order chi connectivity index (χ0) is 16.0. The van der Waals surface area contributed by atoms with Crippen LogP contribution in [0.25, 0.3) is 0 Å². The van der Waals surface area contributed by atoms with Gasteiger partial charge in [0, 0.05) is 13.1 Å². The summed E-state index contributed by atoms with van der Waals surface area (Å²) in [7, 11) is 0. The number of aliphatic carboxylic acids is 2. The van der Waals surface area contributed by atoms with Gasteiger partial charge in [-0.1, -0.05) is 6.92 Å². The van der Waals surface area contributed by atoms with Crippen molar-refractivity contribution in [3.63, 3.8) is 0 Å².